The Hall–Kier alpha value is -3.58. The van der Waals surface area contributed by atoms with Crippen molar-refractivity contribution in [1.82, 2.24) is 25.1 Å². The molecular formula is C23H20N6S. The monoisotopic (exact) mass is 412 g/mol. The molecule has 6 nitrogen and oxygen atoms in total. The first kappa shape index (κ1) is 18.4. The van der Waals surface area contributed by atoms with Gasteiger partial charge in [0.05, 0.1) is 16.4 Å². The average molecular weight is 413 g/mol. The van der Waals surface area contributed by atoms with Crippen LogP contribution < -0.4 is 5.32 Å². The highest BCUT2D eigenvalue weighted by atomic mass is 32.1. The molecule has 0 saturated heterocycles. The molecule has 5 rings (SSSR count). The molecule has 0 spiro atoms. The number of aromatic amines is 1. The number of thiophene rings is 1. The lowest BCUT2D eigenvalue weighted by Crippen LogP contribution is -2.06. The summed E-state index contributed by atoms with van der Waals surface area (Å²) in [6.07, 6.45) is 9.30. The first-order chi connectivity index (χ1) is 14.9. The summed E-state index contributed by atoms with van der Waals surface area (Å²) in [5, 5.41) is 12.6. The number of hydrogen-bond donors (Lipinski definition) is 2. The lowest BCUT2D eigenvalue weighted by atomic mass is 10.1. The smallest absolute Gasteiger partial charge is 0.162 e. The zero-order valence-corrected chi connectivity index (χ0v) is 17.1. The highest BCUT2D eigenvalue weighted by Crippen LogP contribution is 2.37. The van der Waals surface area contributed by atoms with Gasteiger partial charge in [-0.15, -0.1) is 11.3 Å². The van der Waals surface area contributed by atoms with Gasteiger partial charge in [-0.2, -0.15) is 5.10 Å². The molecule has 0 unspecified atom stereocenters. The van der Waals surface area contributed by atoms with Crippen LogP contribution in [-0.4, -0.2) is 31.7 Å². The molecular weight excluding hydrogens is 392 g/mol. The molecule has 0 aliphatic carbocycles. The highest BCUT2D eigenvalue weighted by Gasteiger charge is 2.16. The third kappa shape index (κ3) is 3.79. The quantitative estimate of drug-likeness (QED) is 0.360. The lowest BCUT2D eigenvalue weighted by Gasteiger charge is -2.09. The number of aryl methyl sites for hydroxylation is 1. The molecule has 0 fully saturated rings. The van der Waals surface area contributed by atoms with Gasteiger partial charge < -0.3 is 5.32 Å². The molecule has 0 aliphatic rings. The minimum atomic E-state index is 0.693. The largest absolute Gasteiger partial charge is 0.369 e. The lowest BCUT2D eigenvalue weighted by molar-refractivity contribution is 0.860. The summed E-state index contributed by atoms with van der Waals surface area (Å²) < 4.78 is 1.06. The van der Waals surface area contributed by atoms with Crippen LogP contribution in [-0.2, 0) is 6.42 Å². The predicted molar refractivity (Wildman–Crippen MR) is 121 cm³/mol. The number of benzene rings is 1. The Morgan fingerprint density at radius 2 is 1.83 bits per heavy atom. The molecule has 2 N–H and O–H groups in total. The Kier molecular flexibility index (Phi) is 5.18. The molecule has 0 radical (unpaired) electrons. The van der Waals surface area contributed by atoms with Crippen LogP contribution in [0, 0.1) is 0 Å². The van der Waals surface area contributed by atoms with E-state index in [9.17, 15) is 0 Å². The van der Waals surface area contributed by atoms with Gasteiger partial charge in [-0.05, 0) is 30.5 Å². The van der Waals surface area contributed by atoms with Gasteiger partial charge in [-0.1, -0.05) is 30.3 Å². The number of nitrogens with one attached hydrogen (secondary N) is 2. The second-order valence-corrected chi connectivity index (χ2v) is 7.84. The standard InChI is InChI=1S/C23H20N6S/c1-2-5-16(6-3-1)7-4-10-25-23-21-20(19(15-30-21)18-13-26-27-14-18)28-22(29-23)17-8-11-24-12-9-17/h1-3,5-6,8-9,11-15H,4,7,10H2,(H,26,27)(H,25,28,29). The van der Waals surface area contributed by atoms with Crippen molar-refractivity contribution < 1.29 is 0 Å². The zero-order valence-electron chi connectivity index (χ0n) is 16.2. The summed E-state index contributed by atoms with van der Waals surface area (Å²) in [4.78, 5) is 13.8. The molecule has 7 heteroatoms. The summed E-state index contributed by atoms with van der Waals surface area (Å²) in [6.45, 7) is 0.843. The molecule has 0 amide bonds. The minimum Gasteiger partial charge on any atom is -0.369 e. The van der Waals surface area contributed by atoms with Crippen molar-refractivity contribution in [3.63, 3.8) is 0 Å². The van der Waals surface area contributed by atoms with E-state index in [-0.39, 0.29) is 0 Å². The van der Waals surface area contributed by atoms with Crippen LogP contribution in [0.3, 0.4) is 0 Å². The van der Waals surface area contributed by atoms with E-state index >= 15 is 0 Å². The van der Waals surface area contributed by atoms with Crippen LogP contribution in [0.1, 0.15) is 12.0 Å². The Morgan fingerprint density at radius 3 is 2.63 bits per heavy atom. The second-order valence-electron chi connectivity index (χ2n) is 6.96. The van der Waals surface area contributed by atoms with Crippen molar-refractivity contribution in [2.45, 2.75) is 12.8 Å². The predicted octanol–water partition coefficient (Wildman–Crippen LogP) is 5.19. The maximum atomic E-state index is 4.89. The number of rotatable bonds is 7. The van der Waals surface area contributed by atoms with Crippen LogP contribution in [0.4, 0.5) is 5.82 Å². The molecule has 1 aromatic carbocycles. The van der Waals surface area contributed by atoms with Crippen LogP contribution >= 0.6 is 11.3 Å². The van der Waals surface area contributed by atoms with Crippen molar-refractivity contribution in [2.75, 3.05) is 11.9 Å². The molecule has 0 saturated carbocycles. The number of nitrogens with zero attached hydrogens (tertiary/aromatic N) is 4. The zero-order chi connectivity index (χ0) is 20.2. The number of hydrogen-bond acceptors (Lipinski definition) is 6. The van der Waals surface area contributed by atoms with E-state index < -0.39 is 0 Å². The van der Waals surface area contributed by atoms with E-state index in [2.05, 4.69) is 50.1 Å². The van der Waals surface area contributed by atoms with Gasteiger partial charge in [0.25, 0.3) is 0 Å². The topological polar surface area (TPSA) is 79.4 Å². The summed E-state index contributed by atoms with van der Waals surface area (Å²) in [5.41, 5.74) is 5.32. The molecule has 30 heavy (non-hydrogen) atoms. The Bertz CT molecular complexity index is 1230. The average Bonchev–Trinajstić information content (AvgIpc) is 3.47. The molecule has 148 valence electrons. The van der Waals surface area contributed by atoms with Gasteiger partial charge in [0.15, 0.2) is 5.82 Å². The maximum absolute atomic E-state index is 4.89. The van der Waals surface area contributed by atoms with E-state index in [1.54, 1.807) is 23.7 Å². The van der Waals surface area contributed by atoms with Gasteiger partial charge in [0, 0.05) is 47.2 Å². The molecule has 4 heterocycles. The van der Waals surface area contributed by atoms with Gasteiger partial charge >= 0.3 is 0 Å². The first-order valence-electron chi connectivity index (χ1n) is 9.85. The van der Waals surface area contributed by atoms with E-state index in [4.69, 9.17) is 9.97 Å². The van der Waals surface area contributed by atoms with Gasteiger partial charge in [0.2, 0.25) is 0 Å². The molecule has 0 bridgehead atoms. The fourth-order valence-corrected chi connectivity index (χ4v) is 4.40. The highest BCUT2D eigenvalue weighted by molar-refractivity contribution is 7.18. The summed E-state index contributed by atoms with van der Waals surface area (Å²) in [6, 6.07) is 14.4. The summed E-state index contributed by atoms with van der Waals surface area (Å²) in [5.74, 6) is 1.57. The van der Waals surface area contributed by atoms with E-state index in [1.165, 1.54) is 5.56 Å². The van der Waals surface area contributed by atoms with Gasteiger partial charge in [0.1, 0.15) is 5.82 Å². The Morgan fingerprint density at radius 1 is 0.967 bits per heavy atom. The van der Waals surface area contributed by atoms with Crippen LogP contribution in [0.5, 0.6) is 0 Å². The van der Waals surface area contributed by atoms with Crippen molar-refractivity contribution >= 4 is 27.4 Å². The van der Waals surface area contributed by atoms with E-state index in [0.29, 0.717) is 5.82 Å². The molecule has 5 aromatic rings. The summed E-state index contributed by atoms with van der Waals surface area (Å²) in [7, 11) is 0. The van der Waals surface area contributed by atoms with Crippen molar-refractivity contribution in [2.24, 2.45) is 0 Å². The SMILES string of the molecule is c1ccc(CCCNc2nc(-c3ccncc3)nc3c(-c4cn[nH]c4)csc23)cc1. The number of anilines is 1. The van der Waals surface area contributed by atoms with Crippen LogP contribution in [0.15, 0.2) is 72.6 Å². The van der Waals surface area contributed by atoms with E-state index in [0.717, 1.165) is 52.1 Å². The summed E-state index contributed by atoms with van der Waals surface area (Å²) >= 11 is 1.66. The van der Waals surface area contributed by atoms with Crippen LogP contribution in [0.25, 0.3) is 32.7 Å². The van der Waals surface area contributed by atoms with Gasteiger partial charge in [-0.3, -0.25) is 10.1 Å². The fraction of sp³-hybridized carbons (Fsp3) is 0.130. The number of aromatic nitrogens is 5. The van der Waals surface area contributed by atoms with Crippen LogP contribution in [0.2, 0.25) is 0 Å². The molecule has 4 aromatic heterocycles. The van der Waals surface area contributed by atoms with Crippen molar-refractivity contribution in [3.8, 4) is 22.5 Å². The first-order valence-corrected chi connectivity index (χ1v) is 10.7. The molecule has 0 atom stereocenters. The third-order valence-electron chi connectivity index (χ3n) is 4.94. The number of fused-ring (bicyclic) bond motifs is 1. The molecule has 0 aliphatic heterocycles. The van der Waals surface area contributed by atoms with E-state index in [1.807, 2.05) is 30.6 Å². The third-order valence-corrected chi connectivity index (χ3v) is 5.92. The number of pyridine rings is 1. The number of H-pyrrole nitrogens is 1. The maximum Gasteiger partial charge on any atom is 0.162 e. The Balaban J connectivity index is 1.46. The second kappa shape index (κ2) is 8.42. The minimum absolute atomic E-state index is 0.693. The Labute approximate surface area is 178 Å². The van der Waals surface area contributed by atoms with Crippen molar-refractivity contribution in [3.05, 3.63) is 78.2 Å². The van der Waals surface area contributed by atoms with Gasteiger partial charge in [-0.25, -0.2) is 9.97 Å². The fourth-order valence-electron chi connectivity index (χ4n) is 3.42. The normalized spacial score (nSPS) is 11.1. The van der Waals surface area contributed by atoms with Crippen molar-refractivity contribution in [1.29, 1.82) is 0 Å².